The van der Waals surface area contributed by atoms with Crippen molar-refractivity contribution in [2.45, 2.75) is 38.4 Å². The molecule has 0 bridgehead atoms. The molecule has 118 valence electrons. The monoisotopic (exact) mass is 323 g/mol. The number of carbonyl (C=O) groups is 1. The Bertz CT molecular complexity index is 492. The summed E-state index contributed by atoms with van der Waals surface area (Å²) in [6.45, 7) is 1.95. The van der Waals surface area contributed by atoms with Crippen LogP contribution < -0.4 is 5.32 Å². The number of hydrogen-bond donors (Lipinski definition) is 1. The minimum atomic E-state index is -4.49. The zero-order chi connectivity index (χ0) is 16.0. The Balaban J connectivity index is 2.97. The standard InChI is InChI=1S/C14H17ClF3NO2/c1-3-4-5-12(13(20)21-2)19-11-7-9(14(16,17)18)6-10(15)8-11/h6-8,12,19H,3-5H2,1-2H3. The van der Waals surface area contributed by atoms with Gasteiger partial charge >= 0.3 is 12.1 Å². The molecule has 1 atom stereocenters. The number of rotatable bonds is 6. The molecule has 0 aromatic heterocycles. The van der Waals surface area contributed by atoms with Crippen LogP contribution >= 0.6 is 11.6 Å². The van der Waals surface area contributed by atoms with Gasteiger partial charge in [-0.2, -0.15) is 13.2 Å². The van der Waals surface area contributed by atoms with Crippen LogP contribution in [-0.4, -0.2) is 19.1 Å². The molecule has 7 heteroatoms. The fourth-order valence-electron chi connectivity index (χ4n) is 1.84. The Morgan fingerprint density at radius 3 is 2.57 bits per heavy atom. The van der Waals surface area contributed by atoms with E-state index >= 15 is 0 Å². The second-order valence-electron chi connectivity index (χ2n) is 4.59. The fraction of sp³-hybridized carbons (Fsp3) is 0.500. The Morgan fingerprint density at radius 1 is 1.38 bits per heavy atom. The predicted molar refractivity (Wildman–Crippen MR) is 75.4 cm³/mol. The Kier molecular flexibility index (Phi) is 6.33. The number of benzene rings is 1. The van der Waals surface area contributed by atoms with Crippen LogP contribution in [0, 0.1) is 0 Å². The second-order valence-corrected chi connectivity index (χ2v) is 5.03. The molecular weight excluding hydrogens is 307 g/mol. The quantitative estimate of drug-likeness (QED) is 0.783. The van der Waals surface area contributed by atoms with Gasteiger partial charge in [0, 0.05) is 10.7 Å². The lowest BCUT2D eigenvalue weighted by molar-refractivity contribution is -0.141. The molecule has 0 radical (unpaired) electrons. The van der Waals surface area contributed by atoms with Gasteiger partial charge in [0.2, 0.25) is 0 Å². The maximum atomic E-state index is 12.7. The number of ether oxygens (including phenoxy) is 1. The highest BCUT2D eigenvalue weighted by atomic mass is 35.5. The van der Waals surface area contributed by atoms with Crippen LogP contribution in [0.2, 0.25) is 5.02 Å². The fourth-order valence-corrected chi connectivity index (χ4v) is 2.07. The van der Waals surface area contributed by atoms with E-state index in [-0.39, 0.29) is 10.7 Å². The van der Waals surface area contributed by atoms with E-state index in [1.807, 2.05) is 6.92 Å². The van der Waals surface area contributed by atoms with Crippen molar-refractivity contribution in [3.8, 4) is 0 Å². The van der Waals surface area contributed by atoms with Crippen LogP contribution in [0.4, 0.5) is 18.9 Å². The summed E-state index contributed by atoms with van der Waals surface area (Å²) in [6.07, 6.45) is -2.42. The van der Waals surface area contributed by atoms with Gasteiger partial charge in [-0.3, -0.25) is 0 Å². The zero-order valence-corrected chi connectivity index (χ0v) is 12.5. The van der Waals surface area contributed by atoms with Crippen molar-refractivity contribution in [2.24, 2.45) is 0 Å². The number of carbonyl (C=O) groups excluding carboxylic acids is 1. The second kappa shape index (κ2) is 7.54. The average molecular weight is 324 g/mol. The molecule has 21 heavy (non-hydrogen) atoms. The lowest BCUT2D eigenvalue weighted by atomic mass is 10.1. The SMILES string of the molecule is CCCCC(Nc1cc(Cl)cc(C(F)(F)F)c1)C(=O)OC. The topological polar surface area (TPSA) is 38.3 Å². The molecule has 0 saturated heterocycles. The average Bonchev–Trinajstić information content (AvgIpc) is 2.41. The molecule has 0 aliphatic rings. The summed E-state index contributed by atoms with van der Waals surface area (Å²) < 4.78 is 42.9. The van der Waals surface area contributed by atoms with Crippen molar-refractivity contribution < 1.29 is 22.7 Å². The molecule has 0 fully saturated rings. The molecule has 0 aliphatic heterocycles. The Labute approximate surface area is 126 Å². The summed E-state index contributed by atoms with van der Waals surface area (Å²) >= 11 is 5.70. The summed E-state index contributed by atoms with van der Waals surface area (Å²) in [5.41, 5.74) is -0.724. The van der Waals surface area contributed by atoms with Crippen LogP contribution in [0.5, 0.6) is 0 Å². The lowest BCUT2D eigenvalue weighted by Crippen LogP contribution is -2.30. The molecule has 1 rings (SSSR count). The number of nitrogens with one attached hydrogen (secondary N) is 1. The summed E-state index contributed by atoms with van der Waals surface area (Å²) in [6, 6.07) is 2.41. The normalized spacial score (nSPS) is 12.9. The molecule has 3 nitrogen and oxygen atoms in total. The first kappa shape index (κ1) is 17.6. The maximum Gasteiger partial charge on any atom is 0.416 e. The minimum Gasteiger partial charge on any atom is -0.467 e. The first-order chi connectivity index (χ1) is 9.77. The van der Waals surface area contributed by atoms with E-state index < -0.39 is 23.8 Å². The third-order valence-corrected chi connectivity index (χ3v) is 3.12. The molecular formula is C14H17ClF3NO2. The van der Waals surface area contributed by atoms with Crippen molar-refractivity contribution in [1.29, 1.82) is 0 Å². The number of methoxy groups -OCH3 is 1. The van der Waals surface area contributed by atoms with E-state index in [9.17, 15) is 18.0 Å². The van der Waals surface area contributed by atoms with Crippen LogP contribution in [-0.2, 0) is 15.7 Å². The van der Waals surface area contributed by atoms with Gasteiger partial charge in [-0.1, -0.05) is 31.4 Å². The number of alkyl halides is 3. The van der Waals surface area contributed by atoms with Crippen molar-refractivity contribution in [1.82, 2.24) is 0 Å². The molecule has 0 aliphatic carbocycles. The first-order valence-corrected chi connectivity index (χ1v) is 6.88. The zero-order valence-electron chi connectivity index (χ0n) is 11.8. The summed E-state index contributed by atoms with van der Waals surface area (Å²) in [5, 5.41) is 2.71. The minimum absolute atomic E-state index is 0.0496. The maximum absolute atomic E-state index is 12.7. The van der Waals surface area contributed by atoms with Gasteiger partial charge in [0.25, 0.3) is 0 Å². The Hall–Kier alpha value is -1.43. The van der Waals surface area contributed by atoms with Gasteiger partial charge in [0.05, 0.1) is 12.7 Å². The smallest absolute Gasteiger partial charge is 0.416 e. The van der Waals surface area contributed by atoms with Gasteiger partial charge < -0.3 is 10.1 Å². The van der Waals surface area contributed by atoms with E-state index in [0.717, 1.165) is 25.0 Å². The van der Waals surface area contributed by atoms with Gasteiger partial charge in [0.1, 0.15) is 6.04 Å². The summed E-state index contributed by atoms with van der Waals surface area (Å²) in [4.78, 5) is 11.6. The van der Waals surface area contributed by atoms with Crippen molar-refractivity contribution >= 4 is 23.3 Å². The van der Waals surface area contributed by atoms with Crippen LogP contribution in [0.1, 0.15) is 31.7 Å². The summed E-state index contributed by atoms with van der Waals surface area (Å²) in [7, 11) is 1.24. The van der Waals surface area contributed by atoms with Gasteiger partial charge in [-0.05, 0) is 24.6 Å². The molecule has 1 unspecified atom stereocenters. The third-order valence-electron chi connectivity index (χ3n) is 2.90. The van der Waals surface area contributed by atoms with Crippen molar-refractivity contribution in [2.75, 3.05) is 12.4 Å². The van der Waals surface area contributed by atoms with E-state index in [1.54, 1.807) is 0 Å². The Morgan fingerprint density at radius 2 is 2.05 bits per heavy atom. The number of unbranched alkanes of at least 4 members (excludes halogenated alkanes) is 1. The molecule has 1 aromatic rings. The van der Waals surface area contributed by atoms with E-state index in [2.05, 4.69) is 10.1 Å². The van der Waals surface area contributed by atoms with E-state index in [1.165, 1.54) is 13.2 Å². The molecule has 1 aromatic carbocycles. The highest BCUT2D eigenvalue weighted by Gasteiger charge is 2.31. The molecule has 0 spiro atoms. The largest absolute Gasteiger partial charge is 0.467 e. The number of hydrogen-bond acceptors (Lipinski definition) is 3. The molecule has 0 amide bonds. The highest BCUT2D eigenvalue weighted by Crippen LogP contribution is 2.33. The van der Waals surface area contributed by atoms with Crippen molar-refractivity contribution in [3.63, 3.8) is 0 Å². The number of halogens is 4. The predicted octanol–water partition coefficient (Wildman–Crippen LogP) is 4.50. The van der Waals surface area contributed by atoms with Gasteiger partial charge in [-0.25, -0.2) is 4.79 Å². The summed E-state index contributed by atoms with van der Waals surface area (Å²) in [5.74, 6) is -0.517. The van der Waals surface area contributed by atoms with Gasteiger partial charge in [0.15, 0.2) is 0 Å². The number of esters is 1. The number of anilines is 1. The van der Waals surface area contributed by atoms with Crippen LogP contribution in [0.15, 0.2) is 18.2 Å². The van der Waals surface area contributed by atoms with E-state index in [0.29, 0.717) is 6.42 Å². The third kappa shape index (κ3) is 5.46. The molecule has 1 N–H and O–H groups in total. The van der Waals surface area contributed by atoms with E-state index in [4.69, 9.17) is 11.6 Å². The van der Waals surface area contributed by atoms with Gasteiger partial charge in [-0.15, -0.1) is 0 Å². The molecule has 0 saturated carbocycles. The highest BCUT2D eigenvalue weighted by molar-refractivity contribution is 6.31. The van der Waals surface area contributed by atoms with Crippen molar-refractivity contribution in [3.05, 3.63) is 28.8 Å². The first-order valence-electron chi connectivity index (χ1n) is 6.50. The lowest BCUT2D eigenvalue weighted by Gasteiger charge is -2.18. The molecule has 0 heterocycles. The van der Waals surface area contributed by atoms with Crippen LogP contribution in [0.3, 0.4) is 0 Å². The van der Waals surface area contributed by atoms with Crippen LogP contribution in [0.25, 0.3) is 0 Å².